The molecule has 3 atom stereocenters. The molecule has 2 heterocycles. The van der Waals surface area contributed by atoms with Crippen molar-refractivity contribution in [2.45, 2.75) is 29.6 Å². The van der Waals surface area contributed by atoms with Gasteiger partial charge in [-0.05, 0) is 13.8 Å². The lowest BCUT2D eigenvalue weighted by atomic mass is 9.80. The van der Waals surface area contributed by atoms with E-state index < -0.39 is 3.74 Å². The van der Waals surface area contributed by atoms with Crippen molar-refractivity contribution in [3.63, 3.8) is 0 Å². The molecule has 0 saturated carbocycles. The molecule has 0 radical (unpaired) electrons. The van der Waals surface area contributed by atoms with Gasteiger partial charge in [-0.3, -0.25) is 0 Å². The molecule has 0 aromatic carbocycles. The zero-order chi connectivity index (χ0) is 11.9. The number of nitrogens with one attached hydrogen (secondary N) is 1. The van der Waals surface area contributed by atoms with Crippen LogP contribution in [0.2, 0.25) is 0 Å². The van der Waals surface area contributed by atoms with Crippen molar-refractivity contribution in [1.82, 2.24) is 0 Å². The molecule has 0 spiro atoms. The third kappa shape index (κ3) is 2.46. The third-order valence-corrected chi connectivity index (χ3v) is 4.68. The molecule has 2 saturated heterocycles. The normalized spacial score (nSPS) is 33.4. The van der Waals surface area contributed by atoms with Gasteiger partial charge in [-0.15, -0.1) is 0 Å². The van der Waals surface area contributed by atoms with Crippen molar-refractivity contribution in [2.24, 2.45) is 11.8 Å². The fourth-order valence-corrected chi connectivity index (χ4v) is 3.35. The van der Waals surface area contributed by atoms with E-state index in [0.29, 0.717) is 5.92 Å². The number of alkyl halides is 2. The van der Waals surface area contributed by atoms with Crippen LogP contribution in [-0.2, 0) is 9.53 Å². The Morgan fingerprint density at radius 3 is 2.56 bits per heavy atom. The van der Waals surface area contributed by atoms with Crippen LogP contribution in [0.25, 0.3) is 0 Å². The lowest BCUT2D eigenvalue weighted by Gasteiger charge is -2.34. The van der Waals surface area contributed by atoms with Gasteiger partial charge in [0, 0.05) is 12.3 Å². The number of halogens is 2. The van der Waals surface area contributed by atoms with Crippen molar-refractivity contribution >= 4 is 37.8 Å². The van der Waals surface area contributed by atoms with E-state index in [9.17, 15) is 4.79 Å². The van der Waals surface area contributed by atoms with Crippen LogP contribution in [0.4, 0.5) is 0 Å². The molecule has 2 rings (SSSR count). The number of ether oxygens (including phenoxy) is 1. The zero-order valence-corrected chi connectivity index (χ0v) is 12.8. The third-order valence-electron chi connectivity index (χ3n) is 3.93. The Balaban J connectivity index is 1.99. The molecule has 3 unspecified atom stereocenters. The van der Waals surface area contributed by atoms with Crippen LogP contribution in [0.1, 0.15) is 20.3 Å². The minimum Gasteiger partial charge on any atom is -0.458 e. The lowest BCUT2D eigenvalue weighted by Crippen LogP contribution is -3.09. The number of carbonyl (C=O) groups is 1. The zero-order valence-electron chi connectivity index (χ0n) is 9.63. The second kappa shape index (κ2) is 4.58. The molecule has 0 amide bonds. The minimum atomic E-state index is -0.398. The first kappa shape index (κ1) is 12.8. The lowest BCUT2D eigenvalue weighted by molar-refractivity contribution is -0.881. The number of hydrogen-bond acceptors (Lipinski definition) is 2. The molecule has 1 N–H and O–H groups in total. The van der Waals surface area contributed by atoms with E-state index in [4.69, 9.17) is 4.74 Å². The maximum absolute atomic E-state index is 11.6. The van der Waals surface area contributed by atoms with Gasteiger partial charge in [0.25, 0.3) is 0 Å². The summed E-state index contributed by atoms with van der Waals surface area (Å²) in [6, 6.07) is 0. The SMILES string of the molecule is CC(C)(OC(=O)C(Br)Br)C1C[NH+]2CCC1C2. The number of quaternary nitrogens is 1. The summed E-state index contributed by atoms with van der Waals surface area (Å²) in [5.41, 5.74) is -0.344. The molecule has 5 heteroatoms. The fraction of sp³-hybridized carbons (Fsp3) is 0.909. The van der Waals surface area contributed by atoms with Crippen LogP contribution in [0.3, 0.4) is 0 Å². The number of piperidine rings is 1. The predicted molar refractivity (Wildman–Crippen MR) is 69.0 cm³/mol. The highest BCUT2D eigenvalue weighted by molar-refractivity contribution is 9.25. The summed E-state index contributed by atoms with van der Waals surface area (Å²) in [5.74, 6) is 1.03. The molecule has 0 aliphatic carbocycles. The maximum atomic E-state index is 11.6. The number of esters is 1. The molecule has 0 aromatic rings. The van der Waals surface area contributed by atoms with E-state index in [2.05, 4.69) is 31.9 Å². The Morgan fingerprint density at radius 1 is 1.44 bits per heavy atom. The summed E-state index contributed by atoms with van der Waals surface area (Å²) in [4.78, 5) is 13.3. The molecule has 2 aliphatic rings. The molecule has 2 aliphatic heterocycles. The van der Waals surface area contributed by atoms with Gasteiger partial charge in [-0.25, -0.2) is 4.79 Å². The minimum absolute atomic E-state index is 0.224. The van der Waals surface area contributed by atoms with Crippen molar-refractivity contribution in [3.05, 3.63) is 0 Å². The average Bonchev–Trinajstić information content (AvgIpc) is 2.77. The highest BCUT2D eigenvalue weighted by atomic mass is 79.9. The Labute approximate surface area is 113 Å². The molecule has 16 heavy (non-hydrogen) atoms. The summed E-state index contributed by atoms with van der Waals surface area (Å²) in [6.45, 7) is 7.79. The van der Waals surface area contributed by atoms with Crippen LogP contribution in [0.5, 0.6) is 0 Å². The molecular formula is C11H18Br2NO2+. The number of carbonyl (C=O) groups excluding carboxylic acids is 1. The standard InChI is InChI=1S/C11H17Br2NO2/c1-11(2,16-10(15)9(12)13)8-6-14-4-3-7(8)5-14/h7-9H,3-6H2,1-2H3/p+1. The van der Waals surface area contributed by atoms with Crippen molar-refractivity contribution in [3.8, 4) is 0 Å². The molecule has 92 valence electrons. The van der Waals surface area contributed by atoms with Gasteiger partial charge >= 0.3 is 5.97 Å². The largest absolute Gasteiger partial charge is 0.458 e. The van der Waals surface area contributed by atoms with Gasteiger partial charge in [-0.2, -0.15) is 0 Å². The quantitative estimate of drug-likeness (QED) is 0.603. The van der Waals surface area contributed by atoms with Crippen LogP contribution < -0.4 is 4.90 Å². The summed E-state index contributed by atoms with van der Waals surface area (Å²) in [5, 5.41) is 0. The number of fused-ring (bicyclic) bond motifs is 2. The summed E-state index contributed by atoms with van der Waals surface area (Å²) < 4.78 is 5.19. The first-order valence-corrected chi connectivity index (χ1v) is 7.58. The summed E-state index contributed by atoms with van der Waals surface area (Å²) >= 11 is 6.36. The molecule has 2 bridgehead atoms. The van der Waals surface area contributed by atoms with Crippen LogP contribution in [-0.4, -0.2) is 34.9 Å². The Morgan fingerprint density at radius 2 is 2.12 bits per heavy atom. The summed E-state index contributed by atoms with van der Waals surface area (Å²) in [6.07, 6.45) is 1.28. The topological polar surface area (TPSA) is 30.7 Å². The van der Waals surface area contributed by atoms with Crippen molar-refractivity contribution < 1.29 is 14.4 Å². The molecule has 3 nitrogen and oxygen atoms in total. The van der Waals surface area contributed by atoms with E-state index in [1.165, 1.54) is 19.5 Å². The van der Waals surface area contributed by atoms with E-state index in [1.54, 1.807) is 4.90 Å². The van der Waals surface area contributed by atoms with Crippen molar-refractivity contribution in [1.29, 1.82) is 0 Å². The monoisotopic (exact) mass is 354 g/mol. The Kier molecular flexibility index (Phi) is 3.67. The van der Waals surface area contributed by atoms with E-state index >= 15 is 0 Å². The van der Waals surface area contributed by atoms with Gasteiger partial charge < -0.3 is 9.64 Å². The Hall–Kier alpha value is 0.390. The van der Waals surface area contributed by atoms with Gasteiger partial charge in [0.1, 0.15) is 5.60 Å². The Bertz CT molecular complexity index is 294. The second-order valence-electron chi connectivity index (χ2n) is 5.39. The molecular weight excluding hydrogens is 338 g/mol. The number of hydrogen-bond donors (Lipinski definition) is 1. The van der Waals surface area contributed by atoms with Gasteiger partial charge in [0.2, 0.25) is 0 Å². The van der Waals surface area contributed by atoms with Crippen LogP contribution in [0, 0.1) is 11.8 Å². The number of rotatable bonds is 3. The first-order chi connectivity index (χ1) is 7.40. The van der Waals surface area contributed by atoms with Crippen LogP contribution in [0.15, 0.2) is 0 Å². The van der Waals surface area contributed by atoms with Gasteiger partial charge in [0.05, 0.1) is 25.6 Å². The highest BCUT2D eigenvalue weighted by Crippen LogP contribution is 2.34. The van der Waals surface area contributed by atoms with E-state index in [-0.39, 0.29) is 11.6 Å². The van der Waals surface area contributed by atoms with Crippen LogP contribution >= 0.6 is 31.9 Å². The average molecular weight is 356 g/mol. The molecule has 0 aromatic heterocycles. The summed E-state index contributed by atoms with van der Waals surface area (Å²) in [7, 11) is 0. The van der Waals surface area contributed by atoms with Gasteiger partial charge in [-0.1, -0.05) is 31.9 Å². The highest BCUT2D eigenvalue weighted by Gasteiger charge is 2.50. The molecule has 2 fully saturated rings. The van der Waals surface area contributed by atoms with Crippen molar-refractivity contribution in [2.75, 3.05) is 19.6 Å². The second-order valence-corrected chi connectivity index (χ2v) is 8.45. The first-order valence-electron chi connectivity index (χ1n) is 5.74. The predicted octanol–water partition coefficient (Wildman–Crippen LogP) is 0.959. The fourth-order valence-electron chi connectivity index (χ4n) is 3.16. The smallest absolute Gasteiger partial charge is 0.331 e. The van der Waals surface area contributed by atoms with E-state index in [1.807, 2.05) is 13.8 Å². The van der Waals surface area contributed by atoms with E-state index in [0.717, 1.165) is 12.5 Å². The maximum Gasteiger partial charge on any atom is 0.331 e. The van der Waals surface area contributed by atoms with Gasteiger partial charge in [0.15, 0.2) is 3.74 Å².